The zero-order valence-electron chi connectivity index (χ0n) is 7.79. The molecular formula is C10H15NO2. The highest BCUT2D eigenvalue weighted by Crippen LogP contribution is 2.30. The van der Waals surface area contributed by atoms with Crippen LogP contribution in [0.3, 0.4) is 0 Å². The largest absolute Gasteiger partial charge is 0.342 e. The van der Waals surface area contributed by atoms with Crippen LogP contribution in [-0.2, 0) is 9.59 Å². The second-order valence-corrected chi connectivity index (χ2v) is 4.07. The standard InChI is InChI=1S/C10H15NO2/c12-9-3-4-10(13)11(6-5-9)7-8-1-2-8/h8H,1-7H2. The summed E-state index contributed by atoms with van der Waals surface area (Å²) < 4.78 is 0. The highest BCUT2D eigenvalue weighted by Gasteiger charge is 2.28. The molecule has 1 aliphatic heterocycles. The maximum atomic E-state index is 11.5. The molecule has 0 aromatic rings. The summed E-state index contributed by atoms with van der Waals surface area (Å²) in [7, 11) is 0. The fourth-order valence-corrected chi connectivity index (χ4v) is 1.72. The number of amides is 1. The Morgan fingerprint density at radius 1 is 1.15 bits per heavy atom. The molecule has 1 saturated carbocycles. The molecule has 3 heteroatoms. The molecule has 0 aromatic heterocycles. The van der Waals surface area contributed by atoms with E-state index in [-0.39, 0.29) is 11.7 Å². The molecule has 0 atom stereocenters. The molecule has 1 heterocycles. The van der Waals surface area contributed by atoms with E-state index in [1.54, 1.807) is 0 Å². The average molecular weight is 181 g/mol. The third-order valence-electron chi connectivity index (χ3n) is 2.81. The Kier molecular flexibility index (Phi) is 2.34. The van der Waals surface area contributed by atoms with Crippen LogP contribution in [0, 0.1) is 5.92 Å². The summed E-state index contributed by atoms with van der Waals surface area (Å²) in [4.78, 5) is 24.5. The van der Waals surface area contributed by atoms with Gasteiger partial charge in [0.05, 0.1) is 0 Å². The van der Waals surface area contributed by atoms with E-state index < -0.39 is 0 Å². The Hall–Kier alpha value is -0.860. The van der Waals surface area contributed by atoms with Crippen molar-refractivity contribution in [2.24, 2.45) is 5.92 Å². The third-order valence-corrected chi connectivity index (χ3v) is 2.81. The van der Waals surface area contributed by atoms with Crippen LogP contribution in [0.5, 0.6) is 0 Å². The van der Waals surface area contributed by atoms with E-state index in [1.807, 2.05) is 4.90 Å². The van der Waals surface area contributed by atoms with E-state index in [0.29, 0.717) is 25.8 Å². The molecule has 2 rings (SSSR count). The molecule has 2 aliphatic rings. The second kappa shape index (κ2) is 3.48. The number of carbonyl (C=O) groups is 2. The molecule has 0 radical (unpaired) electrons. The van der Waals surface area contributed by atoms with Crippen molar-refractivity contribution in [3.05, 3.63) is 0 Å². The van der Waals surface area contributed by atoms with Gasteiger partial charge in [0.2, 0.25) is 5.91 Å². The molecule has 1 aliphatic carbocycles. The fourth-order valence-electron chi connectivity index (χ4n) is 1.72. The van der Waals surface area contributed by atoms with Crippen LogP contribution in [0.15, 0.2) is 0 Å². The number of likely N-dealkylation sites (tertiary alicyclic amines) is 1. The maximum absolute atomic E-state index is 11.5. The van der Waals surface area contributed by atoms with Crippen molar-refractivity contribution >= 4 is 11.7 Å². The van der Waals surface area contributed by atoms with Gasteiger partial charge in [0.25, 0.3) is 0 Å². The fraction of sp³-hybridized carbons (Fsp3) is 0.800. The summed E-state index contributed by atoms with van der Waals surface area (Å²) in [6, 6.07) is 0. The molecule has 0 N–H and O–H groups in total. The summed E-state index contributed by atoms with van der Waals surface area (Å²) in [6.45, 7) is 1.56. The first-order chi connectivity index (χ1) is 6.25. The van der Waals surface area contributed by atoms with Crippen molar-refractivity contribution < 1.29 is 9.59 Å². The first-order valence-electron chi connectivity index (χ1n) is 5.05. The van der Waals surface area contributed by atoms with Crippen LogP contribution in [0.1, 0.15) is 32.1 Å². The summed E-state index contributed by atoms with van der Waals surface area (Å²) in [5, 5.41) is 0. The van der Waals surface area contributed by atoms with E-state index in [1.165, 1.54) is 12.8 Å². The van der Waals surface area contributed by atoms with Crippen molar-refractivity contribution in [1.82, 2.24) is 4.90 Å². The van der Waals surface area contributed by atoms with Crippen LogP contribution in [0.4, 0.5) is 0 Å². The van der Waals surface area contributed by atoms with Gasteiger partial charge in [0.15, 0.2) is 0 Å². The summed E-state index contributed by atoms with van der Waals surface area (Å²) >= 11 is 0. The van der Waals surface area contributed by atoms with Crippen molar-refractivity contribution in [1.29, 1.82) is 0 Å². The molecule has 2 fully saturated rings. The molecule has 1 saturated heterocycles. The first kappa shape index (κ1) is 8.73. The monoisotopic (exact) mass is 181 g/mol. The maximum Gasteiger partial charge on any atom is 0.223 e. The third kappa shape index (κ3) is 2.29. The predicted molar refractivity (Wildman–Crippen MR) is 48.2 cm³/mol. The minimum Gasteiger partial charge on any atom is -0.342 e. The van der Waals surface area contributed by atoms with E-state index in [9.17, 15) is 9.59 Å². The number of hydrogen-bond acceptors (Lipinski definition) is 2. The van der Waals surface area contributed by atoms with Crippen molar-refractivity contribution in [2.45, 2.75) is 32.1 Å². The van der Waals surface area contributed by atoms with Crippen molar-refractivity contribution in [3.8, 4) is 0 Å². The molecule has 0 aromatic carbocycles. The minimum absolute atomic E-state index is 0.178. The normalized spacial score (nSPS) is 24.8. The smallest absolute Gasteiger partial charge is 0.223 e. The topological polar surface area (TPSA) is 37.4 Å². The SMILES string of the molecule is O=C1CCC(=O)N(CC2CC2)CC1. The van der Waals surface area contributed by atoms with Gasteiger partial charge >= 0.3 is 0 Å². The van der Waals surface area contributed by atoms with Crippen LogP contribution in [-0.4, -0.2) is 29.7 Å². The summed E-state index contributed by atoms with van der Waals surface area (Å²) in [6.07, 6.45) is 3.99. The lowest BCUT2D eigenvalue weighted by Gasteiger charge is -2.19. The molecular weight excluding hydrogens is 166 g/mol. The lowest BCUT2D eigenvalue weighted by atomic mass is 10.2. The highest BCUT2D eigenvalue weighted by atomic mass is 16.2. The molecule has 0 spiro atoms. The number of rotatable bonds is 2. The molecule has 72 valence electrons. The van der Waals surface area contributed by atoms with E-state index in [4.69, 9.17) is 0 Å². The average Bonchev–Trinajstić information content (AvgIpc) is 2.90. The van der Waals surface area contributed by atoms with Gasteiger partial charge in [0.1, 0.15) is 5.78 Å². The van der Waals surface area contributed by atoms with Gasteiger partial charge in [-0.05, 0) is 18.8 Å². The van der Waals surface area contributed by atoms with Crippen LogP contribution in [0.25, 0.3) is 0 Å². The number of hydrogen-bond donors (Lipinski definition) is 0. The highest BCUT2D eigenvalue weighted by molar-refractivity contribution is 5.87. The van der Waals surface area contributed by atoms with Gasteiger partial charge < -0.3 is 4.90 Å². The first-order valence-corrected chi connectivity index (χ1v) is 5.05. The number of carbonyl (C=O) groups excluding carboxylic acids is 2. The van der Waals surface area contributed by atoms with Gasteiger partial charge in [-0.2, -0.15) is 0 Å². The lowest BCUT2D eigenvalue weighted by molar-refractivity contribution is -0.131. The Morgan fingerprint density at radius 2 is 1.92 bits per heavy atom. The Labute approximate surface area is 78.1 Å². The van der Waals surface area contributed by atoms with Gasteiger partial charge in [-0.3, -0.25) is 9.59 Å². The van der Waals surface area contributed by atoms with Crippen molar-refractivity contribution in [2.75, 3.05) is 13.1 Å². The zero-order chi connectivity index (χ0) is 9.26. The van der Waals surface area contributed by atoms with Gasteiger partial charge in [0, 0.05) is 32.4 Å². The van der Waals surface area contributed by atoms with E-state index in [0.717, 1.165) is 12.5 Å². The van der Waals surface area contributed by atoms with Crippen LogP contribution < -0.4 is 0 Å². The van der Waals surface area contributed by atoms with Crippen molar-refractivity contribution in [3.63, 3.8) is 0 Å². The van der Waals surface area contributed by atoms with Crippen LogP contribution >= 0.6 is 0 Å². The molecule has 0 unspecified atom stereocenters. The quantitative estimate of drug-likeness (QED) is 0.636. The summed E-state index contributed by atoms with van der Waals surface area (Å²) in [5.74, 6) is 1.15. The van der Waals surface area contributed by atoms with Gasteiger partial charge in [-0.25, -0.2) is 0 Å². The van der Waals surface area contributed by atoms with Gasteiger partial charge in [-0.15, -0.1) is 0 Å². The number of Topliss-reactive ketones (excluding diaryl/α,β-unsaturated/α-hetero) is 1. The van der Waals surface area contributed by atoms with Crippen LogP contribution in [0.2, 0.25) is 0 Å². The predicted octanol–water partition coefficient (Wildman–Crippen LogP) is 0.978. The van der Waals surface area contributed by atoms with E-state index in [2.05, 4.69) is 0 Å². The Morgan fingerprint density at radius 3 is 2.62 bits per heavy atom. The lowest BCUT2D eigenvalue weighted by Crippen LogP contribution is -2.32. The summed E-state index contributed by atoms with van der Waals surface area (Å²) in [5.41, 5.74) is 0. The molecule has 1 amide bonds. The second-order valence-electron chi connectivity index (χ2n) is 4.07. The Bertz CT molecular complexity index is 233. The van der Waals surface area contributed by atoms with Gasteiger partial charge in [-0.1, -0.05) is 0 Å². The van der Waals surface area contributed by atoms with E-state index >= 15 is 0 Å². The zero-order valence-corrected chi connectivity index (χ0v) is 7.79. The molecule has 0 bridgehead atoms. The molecule has 13 heavy (non-hydrogen) atoms. The number of ketones is 1. The minimum atomic E-state index is 0.178. The number of nitrogens with zero attached hydrogens (tertiary/aromatic N) is 1. The Balaban J connectivity index is 1.91. The molecule has 3 nitrogen and oxygen atoms in total.